The van der Waals surface area contributed by atoms with Gasteiger partial charge in [0.1, 0.15) is 17.3 Å². The third-order valence-electron chi connectivity index (χ3n) is 2.46. The summed E-state index contributed by atoms with van der Waals surface area (Å²) in [5.74, 6) is -1.25. The highest BCUT2D eigenvalue weighted by atomic mass is 32.1. The number of aromatic nitrogens is 2. The minimum atomic E-state index is -0.624. The molecule has 0 aliphatic carbocycles. The molecule has 0 bridgehead atoms. The highest BCUT2D eigenvalue weighted by Crippen LogP contribution is 2.25. The Labute approximate surface area is 113 Å². The molecule has 1 heterocycles. The largest absolute Gasteiger partial charge is 0.383 e. The Morgan fingerprint density at radius 1 is 1.26 bits per heavy atom. The van der Waals surface area contributed by atoms with E-state index in [9.17, 15) is 8.78 Å². The molecule has 1 aromatic carbocycles. The zero-order chi connectivity index (χ0) is 13.7. The molecule has 0 aliphatic rings. The number of nitrogens with one attached hydrogen (secondary N) is 1. The van der Waals surface area contributed by atoms with E-state index in [1.807, 2.05) is 0 Å². The average molecular weight is 285 g/mol. The molecule has 19 heavy (non-hydrogen) atoms. The van der Waals surface area contributed by atoms with E-state index in [0.717, 1.165) is 10.9 Å². The first-order valence-electron chi connectivity index (χ1n) is 5.68. The standard InChI is InChI=1S/C12H13F2N3OS/c1-18-3-2-15-7-11-12(16-17-19-11)8-4-9(13)6-10(14)5-8/h4-6,15H,2-3,7H2,1H3. The van der Waals surface area contributed by atoms with Gasteiger partial charge in [0.25, 0.3) is 0 Å². The Bertz CT molecular complexity index is 527. The number of benzene rings is 1. The minimum absolute atomic E-state index is 0.398. The quantitative estimate of drug-likeness (QED) is 0.827. The molecule has 0 spiro atoms. The molecule has 102 valence electrons. The van der Waals surface area contributed by atoms with Gasteiger partial charge in [-0.25, -0.2) is 8.78 Å². The van der Waals surface area contributed by atoms with E-state index in [-0.39, 0.29) is 0 Å². The maximum atomic E-state index is 13.2. The van der Waals surface area contributed by atoms with Gasteiger partial charge in [0.2, 0.25) is 0 Å². The normalized spacial score (nSPS) is 10.9. The second-order valence-electron chi connectivity index (χ2n) is 3.87. The summed E-state index contributed by atoms with van der Waals surface area (Å²) in [6.45, 7) is 1.82. The van der Waals surface area contributed by atoms with Crippen molar-refractivity contribution in [2.24, 2.45) is 0 Å². The van der Waals surface area contributed by atoms with Crippen molar-refractivity contribution in [2.45, 2.75) is 6.54 Å². The summed E-state index contributed by atoms with van der Waals surface area (Å²) < 4.78 is 35.1. The van der Waals surface area contributed by atoms with Crippen LogP contribution < -0.4 is 5.32 Å². The lowest BCUT2D eigenvalue weighted by Gasteiger charge is -2.04. The lowest BCUT2D eigenvalue weighted by molar-refractivity contribution is 0.199. The molecule has 0 saturated heterocycles. The van der Waals surface area contributed by atoms with E-state index in [0.29, 0.717) is 31.0 Å². The molecule has 0 unspecified atom stereocenters. The van der Waals surface area contributed by atoms with Gasteiger partial charge in [0.05, 0.1) is 11.5 Å². The maximum Gasteiger partial charge on any atom is 0.126 e. The van der Waals surface area contributed by atoms with Crippen molar-refractivity contribution >= 4 is 11.5 Å². The van der Waals surface area contributed by atoms with Gasteiger partial charge < -0.3 is 10.1 Å². The van der Waals surface area contributed by atoms with Crippen LogP contribution >= 0.6 is 11.5 Å². The third-order valence-corrected chi connectivity index (χ3v) is 3.18. The van der Waals surface area contributed by atoms with Crippen LogP contribution in [0.25, 0.3) is 11.3 Å². The van der Waals surface area contributed by atoms with Crippen LogP contribution in [0.4, 0.5) is 8.78 Å². The minimum Gasteiger partial charge on any atom is -0.383 e. The zero-order valence-corrected chi connectivity index (χ0v) is 11.1. The first kappa shape index (κ1) is 14.0. The Kier molecular flexibility index (Phi) is 4.89. The van der Waals surface area contributed by atoms with Gasteiger partial charge in [-0.05, 0) is 23.7 Å². The van der Waals surface area contributed by atoms with Crippen LogP contribution in [0.15, 0.2) is 18.2 Å². The number of rotatable bonds is 6. The van der Waals surface area contributed by atoms with Crippen molar-refractivity contribution in [3.8, 4) is 11.3 Å². The van der Waals surface area contributed by atoms with Gasteiger partial charge in [-0.15, -0.1) is 5.10 Å². The highest BCUT2D eigenvalue weighted by Gasteiger charge is 2.12. The first-order chi connectivity index (χ1) is 9.20. The molecule has 7 heteroatoms. The van der Waals surface area contributed by atoms with Crippen molar-refractivity contribution in [2.75, 3.05) is 20.3 Å². The number of methoxy groups -OCH3 is 1. The van der Waals surface area contributed by atoms with Crippen LogP contribution in [0.2, 0.25) is 0 Å². The van der Waals surface area contributed by atoms with E-state index in [1.165, 1.54) is 23.7 Å². The third kappa shape index (κ3) is 3.76. The average Bonchev–Trinajstić information content (AvgIpc) is 2.82. The fourth-order valence-corrected chi connectivity index (χ4v) is 2.24. The summed E-state index contributed by atoms with van der Waals surface area (Å²) in [5.41, 5.74) is 0.906. The van der Waals surface area contributed by atoms with Crippen LogP contribution in [0.3, 0.4) is 0 Å². The molecule has 4 nitrogen and oxygen atoms in total. The van der Waals surface area contributed by atoms with Crippen molar-refractivity contribution in [1.82, 2.24) is 14.9 Å². The zero-order valence-electron chi connectivity index (χ0n) is 10.3. The number of halogens is 2. The predicted molar refractivity (Wildman–Crippen MR) is 68.8 cm³/mol. The van der Waals surface area contributed by atoms with E-state index in [2.05, 4.69) is 14.9 Å². The first-order valence-corrected chi connectivity index (χ1v) is 6.45. The van der Waals surface area contributed by atoms with E-state index >= 15 is 0 Å². The molecular formula is C12H13F2N3OS. The smallest absolute Gasteiger partial charge is 0.126 e. The summed E-state index contributed by atoms with van der Waals surface area (Å²) in [6.07, 6.45) is 0. The van der Waals surface area contributed by atoms with Gasteiger partial charge in [-0.2, -0.15) is 0 Å². The number of hydrogen-bond donors (Lipinski definition) is 1. The lowest BCUT2D eigenvalue weighted by Crippen LogP contribution is -2.18. The predicted octanol–water partition coefficient (Wildman–Crippen LogP) is 2.22. The summed E-state index contributed by atoms with van der Waals surface area (Å²) in [4.78, 5) is 0.834. The monoisotopic (exact) mass is 285 g/mol. The number of ether oxygens (including phenoxy) is 1. The molecule has 1 aromatic heterocycles. The molecule has 0 saturated carbocycles. The summed E-state index contributed by atoms with van der Waals surface area (Å²) in [6, 6.07) is 3.33. The van der Waals surface area contributed by atoms with E-state index in [4.69, 9.17) is 4.74 Å². The van der Waals surface area contributed by atoms with Crippen molar-refractivity contribution < 1.29 is 13.5 Å². The van der Waals surface area contributed by atoms with Gasteiger partial charge in [0, 0.05) is 31.8 Å². The molecule has 0 fully saturated rings. The fraction of sp³-hybridized carbons (Fsp3) is 0.333. The van der Waals surface area contributed by atoms with Crippen molar-refractivity contribution in [1.29, 1.82) is 0 Å². The number of hydrogen-bond acceptors (Lipinski definition) is 5. The summed E-state index contributed by atoms with van der Waals surface area (Å²) >= 11 is 1.20. The van der Waals surface area contributed by atoms with Crippen LogP contribution in [0, 0.1) is 11.6 Å². The molecule has 2 aromatic rings. The van der Waals surface area contributed by atoms with Gasteiger partial charge >= 0.3 is 0 Å². The van der Waals surface area contributed by atoms with Crippen molar-refractivity contribution in [3.05, 3.63) is 34.7 Å². The van der Waals surface area contributed by atoms with Crippen LogP contribution in [-0.4, -0.2) is 29.8 Å². The van der Waals surface area contributed by atoms with Gasteiger partial charge in [-0.3, -0.25) is 0 Å². The fourth-order valence-electron chi connectivity index (χ4n) is 1.61. The Balaban J connectivity index is 2.14. The van der Waals surface area contributed by atoms with Crippen LogP contribution in [0.1, 0.15) is 4.88 Å². The van der Waals surface area contributed by atoms with Crippen molar-refractivity contribution in [3.63, 3.8) is 0 Å². The second kappa shape index (κ2) is 6.65. The SMILES string of the molecule is COCCNCc1snnc1-c1cc(F)cc(F)c1. The van der Waals surface area contributed by atoms with Gasteiger partial charge in [0.15, 0.2) is 0 Å². The Morgan fingerprint density at radius 2 is 2.00 bits per heavy atom. The molecule has 2 rings (SSSR count). The molecule has 0 radical (unpaired) electrons. The summed E-state index contributed by atoms with van der Waals surface area (Å²) in [5, 5.41) is 7.08. The summed E-state index contributed by atoms with van der Waals surface area (Å²) in [7, 11) is 1.62. The maximum absolute atomic E-state index is 13.2. The van der Waals surface area contributed by atoms with E-state index < -0.39 is 11.6 Å². The topological polar surface area (TPSA) is 47.0 Å². The molecule has 0 atom stereocenters. The Hall–Kier alpha value is -1.44. The highest BCUT2D eigenvalue weighted by molar-refractivity contribution is 7.05. The van der Waals surface area contributed by atoms with Gasteiger partial charge in [-0.1, -0.05) is 4.49 Å². The molecule has 0 aliphatic heterocycles. The Morgan fingerprint density at radius 3 is 2.68 bits per heavy atom. The van der Waals surface area contributed by atoms with E-state index in [1.54, 1.807) is 7.11 Å². The molecule has 0 amide bonds. The van der Waals surface area contributed by atoms with Crippen LogP contribution in [-0.2, 0) is 11.3 Å². The molecular weight excluding hydrogens is 272 g/mol. The lowest BCUT2D eigenvalue weighted by atomic mass is 10.1. The van der Waals surface area contributed by atoms with Crippen LogP contribution in [0.5, 0.6) is 0 Å². The second-order valence-corrected chi connectivity index (χ2v) is 4.71. The number of nitrogens with zero attached hydrogens (tertiary/aromatic N) is 2. The molecule has 1 N–H and O–H groups in total.